The van der Waals surface area contributed by atoms with Crippen molar-refractivity contribution in [2.75, 3.05) is 0 Å². The van der Waals surface area contributed by atoms with Crippen molar-refractivity contribution in [3.05, 3.63) is 0 Å². The third-order valence-corrected chi connectivity index (χ3v) is 8.84. The van der Waals surface area contributed by atoms with Crippen LogP contribution in [0.15, 0.2) is 0 Å². The van der Waals surface area contributed by atoms with E-state index in [2.05, 4.69) is 31.0 Å². The average Bonchev–Trinajstić information content (AvgIpc) is 2.74. The van der Waals surface area contributed by atoms with Gasteiger partial charge in [-0.3, -0.25) is 14.4 Å². The van der Waals surface area contributed by atoms with E-state index in [1.807, 2.05) is 0 Å². The summed E-state index contributed by atoms with van der Waals surface area (Å²) in [5, 5.41) is 3.15. The summed E-state index contributed by atoms with van der Waals surface area (Å²) in [6.45, 7) is 6.56. The second kappa shape index (κ2) is 10.8. The zero-order chi connectivity index (χ0) is 24.1. The van der Waals surface area contributed by atoms with E-state index in [1.54, 1.807) is 0 Å². The topological polar surface area (TPSA) is 92.5 Å². The summed E-state index contributed by atoms with van der Waals surface area (Å²) >= 11 is 0. The van der Waals surface area contributed by atoms with E-state index < -0.39 is 11.8 Å². The number of nitrogens with zero attached hydrogens (tertiary/aromatic N) is 1. The Morgan fingerprint density at radius 3 is 1.58 bits per heavy atom. The van der Waals surface area contributed by atoms with E-state index in [0.717, 1.165) is 77.0 Å². The van der Waals surface area contributed by atoms with Crippen LogP contribution < -0.4 is 11.1 Å². The van der Waals surface area contributed by atoms with Crippen LogP contribution >= 0.6 is 0 Å². The summed E-state index contributed by atoms with van der Waals surface area (Å²) in [5.41, 5.74) is 5.16. The smallest absolute Gasteiger partial charge is 0.224 e. The Kier molecular flexibility index (Phi) is 8.50. The summed E-state index contributed by atoms with van der Waals surface area (Å²) in [6.07, 6.45) is 16.4. The fourth-order valence-electron chi connectivity index (χ4n) is 6.97. The molecule has 1 unspecified atom stereocenters. The second-order valence-electron chi connectivity index (χ2n) is 12.0. The van der Waals surface area contributed by atoms with Crippen molar-refractivity contribution < 1.29 is 14.4 Å². The lowest BCUT2D eigenvalue weighted by atomic mass is 9.74. The van der Waals surface area contributed by atoms with Crippen molar-refractivity contribution in [2.24, 2.45) is 11.7 Å². The van der Waals surface area contributed by atoms with Gasteiger partial charge in [0.2, 0.25) is 17.7 Å². The van der Waals surface area contributed by atoms with Crippen LogP contribution in [0.1, 0.15) is 130 Å². The van der Waals surface area contributed by atoms with E-state index in [1.165, 1.54) is 19.3 Å². The van der Waals surface area contributed by atoms with Crippen LogP contribution in [0, 0.1) is 5.92 Å². The number of carbonyl (C=O) groups excluding carboxylic acids is 3. The molecule has 1 atom stereocenters. The van der Waals surface area contributed by atoms with Gasteiger partial charge in [0.15, 0.2) is 0 Å². The lowest BCUT2D eigenvalue weighted by molar-refractivity contribution is -0.153. The molecule has 33 heavy (non-hydrogen) atoms. The van der Waals surface area contributed by atoms with Crippen molar-refractivity contribution >= 4 is 17.7 Å². The van der Waals surface area contributed by atoms with Crippen molar-refractivity contribution in [1.29, 1.82) is 0 Å². The monoisotopic (exact) mass is 461 g/mol. The number of carbonyl (C=O) groups is 3. The molecule has 0 aliphatic heterocycles. The fourth-order valence-corrected chi connectivity index (χ4v) is 6.97. The molecule has 0 aromatic heterocycles. The zero-order valence-corrected chi connectivity index (χ0v) is 21.3. The Morgan fingerprint density at radius 2 is 1.15 bits per heavy atom. The molecule has 3 aliphatic carbocycles. The van der Waals surface area contributed by atoms with Crippen LogP contribution in [0.4, 0.5) is 0 Å². The van der Waals surface area contributed by atoms with Crippen LogP contribution in [-0.2, 0) is 14.4 Å². The largest absolute Gasteiger partial charge is 0.369 e. The molecule has 3 N–H and O–H groups in total. The maximum absolute atomic E-state index is 13.9. The first-order valence-electron chi connectivity index (χ1n) is 13.5. The van der Waals surface area contributed by atoms with E-state index in [9.17, 15) is 14.4 Å². The molecule has 0 aromatic rings. The SMILES string of the molecule is CC1(NC(=O)CC(CC(=O)N(C2(C)CCCCC2)C2(C)CCCCC2)C(N)=O)CCCCC1. The minimum Gasteiger partial charge on any atom is -0.369 e. The molecule has 188 valence electrons. The molecule has 0 radical (unpaired) electrons. The number of hydrogen-bond donors (Lipinski definition) is 2. The zero-order valence-electron chi connectivity index (χ0n) is 21.3. The first-order valence-corrected chi connectivity index (χ1v) is 13.5. The number of primary amides is 1. The van der Waals surface area contributed by atoms with Crippen molar-refractivity contribution in [2.45, 2.75) is 147 Å². The molecule has 0 saturated heterocycles. The van der Waals surface area contributed by atoms with Crippen LogP contribution in [0.25, 0.3) is 0 Å². The number of hydrogen-bond acceptors (Lipinski definition) is 3. The summed E-state index contributed by atoms with van der Waals surface area (Å²) in [4.78, 5) is 41.3. The van der Waals surface area contributed by atoms with Gasteiger partial charge in [-0.15, -0.1) is 0 Å². The molecule has 3 fully saturated rings. The first-order chi connectivity index (χ1) is 15.6. The summed E-state index contributed by atoms with van der Waals surface area (Å²) in [7, 11) is 0. The molecule has 0 bridgehead atoms. The summed E-state index contributed by atoms with van der Waals surface area (Å²) < 4.78 is 0. The van der Waals surface area contributed by atoms with Gasteiger partial charge in [-0.1, -0.05) is 57.8 Å². The van der Waals surface area contributed by atoms with E-state index in [-0.39, 0.29) is 41.3 Å². The summed E-state index contributed by atoms with van der Waals surface area (Å²) in [6, 6.07) is 0. The number of nitrogens with one attached hydrogen (secondary N) is 1. The molecule has 3 aliphatic rings. The quantitative estimate of drug-likeness (QED) is 0.534. The van der Waals surface area contributed by atoms with Gasteiger partial charge < -0.3 is 16.0 Å². The van der Waals surface area contributed by atoms with Gasteiger partial charge in [0.1, 0.15) is 0 Å². The molecule has 3 amide bonds. The highest BCUT2D eigenvalue weighted by atomic mass is 16.2. The van der Waals surface area contributed by atoms with Gasteiger partial charge in [0.05, 0.1) is 5.92 Å². The molecular formula is C27H47N3O3. The normalized spacial score (nSPS) is 24.9. The van der Waals surface area contributed by atoms with E-state index in [0.29, 0.717) is 0 Å². The average molecular weight is 462 g/mol. The Balaban J connectivity index is 1.73. The molecule has 0 aromatic carbocycles. The molecule has 3 saturated carbocycles. The van der Waals surface area contributed by atoms with Gasteiger partial charge in [-0.25, -0.2) is 0 Å². The molecule has 6 nitrogen and oxygen atoms in total. The molecule has 3 rings (SSSR count). The molecule has 0 spiro atoms. The predicted molar refractivity (Wildman–Crippen MR) is 131 cm³/mol. The van der Waals surface area contributed by atoms with Crippen molar-refractivity contribution in [3.8, 4) is 0 Å². The molecule has 0 heterocycles. The maximum Gasteiger partial charge on any atom is 0.224 e. The minimum atomic E-state index is -0.758. The van der Waals surface area contributed by atoms with Gasteiger partial charge in [-0.05, 0) is 59.3 Å². The Hall–Kier alpha value is -1.59. The number of rotatable bonds is 8. The molecule has 6 heteroatoms. The van der Waals surface area contributed by atoms with Crippen molar-refractivity contribution in [1.82, 2.24) is 10.2 Å². The van der Waals surface area contributed by atoms with Crippen LogP contribution in [0.5, 0.6) is 0 Å². The minimum absolute atomic E-state index is 0.00205. The predicted octanol–water partition coefficient (Wildman–Crippen LogP) is 4.98. The first kappa shape index (κ1) is 26.0. The second-order valence-corrected chi connectivity index (χ2v) is 12.0. The van der Waals surface area contributed by atoms with Crippen molar-refractivity contribution in [3.63, 3.8) is 0 Å². The van der Waals surface area contributed by atoms with Gasteiger partial charge >= 0.3 is 0 Å². The summed E-state index contributed by atoms with van der Waals surface area (Å²) in [5.74, 6) is -1.46. The fraction of sp³-hybridized carbons (Fsp3) is 0.889. The number of nitrogens with two attached hydrogens (primary N) is 1. The standard InChI is InChI=1S/C27H47N3O3/c1-25(13-7-4-8-14-25)29-22(31)19-21(24(28)33)20-23(32)30(26(2)15-9-5-10-16-26)27(3)17-11-6-12-18-27/h21H,4-20H2,1-3H3,(H2,28,33)(H,29,31). The lowest BCUT2D eigenvalue weighted by Gasteiger charge is -2.55. The Labute approximate surface area is 200 Å². The van der Waals surface area contributed by atoms with E-state index >= 15 is 0 Å². The third kappa shape index (κ3) is 6.51. The van der Waals surface area contributed by atoms with Crippen LogP contribution in [0.3, 0.4) is 0 Å². The highest BCUT2D eigenvalue weighted by Crippen LogP contribution is 2.44. The molecular weight excluding hydrogens is 414 g/mol. The Morgan fingerprint density at radius 1 is 0.727 bits per heavy atom. The maximum atomic E-state index is 13.9. The highest BCUT2D eigenvalue weighted by molar-refractivity contribution is 5.90. The Bertz CT molecular complexity index is 677. The van der Waals surface area contributed by atoms with Gasteiger partial charge in [0, 0.05) is 29.5 Å². The third-order valence-electron chi connectivity index (χ3n) is 8.84. The van der Waals surface area contributed by atoms with Crippen LogP contribution in [-0.4, -0.2) is 39.2 Å². The van der Waals surface area contributed by atoms with E-state index in [4.69, 9.17) is 5.73 Å². The van der Waals surface area contributed by atoms with Gasteiger partial charge in [0.25, 0.3) is 0 Å². The highest BCUT2D eigenvalue weighted by Gasteiger charge is 2.47. The van der Waals surface area contributed by atoms with Gasteiger partial charge in [-0.2, -0.15) is 0 Å². The number of amides is 3. The lowest BCUT2D eigenvalue weighted by Crippen LogP contribution is -2.62. The van der Waals surface area contributed by atoms with Crippen LogP contribution in [0.2, 0.25) is 0 Å².